The summed E-state index contributed by atoms with van der Waals surface area (Å²) in [5, 5.41) is 16.2. The second-order valence-electron chi connectivity index (χ2n) is 31.2. The normalized spacial score (nSPS) is 18.9. The fourth-order valence-corrected chi connectivity index (χ4v) is 16.0. The molecular weight excluding hydrogens is 1500 g/mol. The van der Waals surface area contributed by atoms with Crippen LogP contribution in [0.25, 0.3) is 0 Å². The molecule has 3 heterocycles. The Kier molecular flexibility index (Phi) is 36.0. The maximum atomic E-state index is 15.1. The van der Waals surface area contributed by atoms with Crippen molar-refractivity contribution in [1.82, 2.24) is 51.2 Å². The third-order valence-corrected chi connectivity index (χ3v) is 22.9. The first-order chi connectivity index (χ1) is 53.9. The van der Waals surface area contributed by atoms with Crippen molar-refractivity contribution < 1.29 is 105 Å². The molecule has 4 fully saturated rings. The topological polar surface area (TPSA) is 426 Å². The highest BCUT2D eigenvalue weighted by Gasteiger charge is 2.50. The number of ether oxygens (including phenoxy) is 5. The number of Topliss-reactive ketones (excluding diaryl/α,β-unsaturated/α-hetero) is 1. The zero-order chi connectivity index (χ0) is 84.6. The highest BCUT2D eigenvalue weighted by Crippen LogP contribution is 2.52. The van der Waals surface area contributed by atoms with Crippen LogP contribution in [-0.4, -0.2) is 248 Å². The molecule has 0 aromatic heterocycles. The summed E-state index contributed by atoms with van der Waals surface area (Å²) >= 11 is 1.29. The van der Waals surface area contributed by atoms with Crippen LogP contribution in [0.5, 0.6) is 5.75 Å². The van der Waals surface area contributed by atoms with E-state index in [1.165, 1.54) is 79.0 Å². The lowest BCUT2D eigenvalue weighted by atomic mass is 9.89. The van der Waals surface area contributed by atoms with Crippen LogP contribution in [0, 0.1) is 40.8 Å². The summed E-state index contributed by atoms with van der Waals surface area (Å²) in [4.78, 5) is 211. The molecule has 0 spiro atoms. The van der Waals surface area contributed by atoms with Gasteiger partial charge < -0.3 is 76.0 Å². The molecule has 2 aromatic rings. The van der Waals surface area contributed by atoms with Crippen molar-refractivity contribution >= 4 is 106 Å². The highest BCUT2D eigenvalue weighted by atomic mass is 32.2. The van der Waals surface area contributed by atoms with E-state index >= 15 is 4.79 Å². The van der Waals surface area contributed by atoms with Crippen molar-refractivity contribution in [2.75, 3.05) is 79.7 Å². The molecule has 3 saturated heterocycles. The number of hydroxylamine groups is 2. The lowest BCUT2D eigenvalue weighted by Gasteiger charge is -2.41. The Labute approximate surface area is 670 Å². The Morgan fingerprint density at radius 1 is 0.746 bits per heavy atom. The Bertz CT molecular complexity index is 3730. The van der Waals surface area contributed by atoms with Gasteiger partial charge in [0, 0.05) is 83.5 Å². The molecule has 114 heavy (non-hydrogen) atoms. The second-order valence-corrected chi connectivity index (χ2v) is 32.4. The number of nitrogens with zero attached hydrogens (tertiary/aromatic N) is 5. The quantitative estimate of drug-likeness (QED) is 0.0191. The first-order valence-electron chi connectivity index (χ1n) is 39.0. The molecule has 632 valence electrons. The van der Waals surface area contributed by atoms with Gasteiger partial charge in [0.15, 0.2) is 17.3 Å². The molecule has 33 nitrogen and oxygen atoms in total. The lowest BCUT2D eigenvalue weighted by molar-refractivity contribution is -0.198. The molecule has 8 N–H and O–H groups in total. The molecule has 0 bridgehead atoms. The summed E-state index contributed by atoms with van der Waals surface area (Å²) in [6.45, 7) is 15.4. The molecule has 2 aromatic carbocycles. The minimum atomic E-state index is -1.19. The molecular formula is C79H117FN12O21S. The number of anilines is 1. The number of halogens is 1. The number of likely N-dealkylation sites (N-methyl/N-ethyl adjacent to an activating group) is 2. The number of nitrogens with two attached hydrogens (primary N) is 1. The van der Waals surface area contributed by atoms with Crippen LogP contribution in [0.15, 0.2) is 42.5 Å². The molecule has 1 unspecified atom stereocenters. The minimum absolute atomic E-state index is 0.00215. The summed E-state index contributed by atoms with van der Waals surface area (Å²) in [6, 6.07) is 3.58. The van der Waals surface area contributed by atoms with E-state index in [9.17, 15) is 71.5 Å². The van der Waals surface area contributed by atoms with E-state index in [1.807, 2.05) is 41.5 Å². The number of imide groups is 2. The van der Waals surface area contributed by atoms with Crippen LogP contribution in [-0.2, 0) is 87.9 Å². The Morgan fingerprint density at radius 2 is 1.41 bits per heavy atom. The van der Waals surface area contributed by atoms with E-state index in [0.29, 0.717) is 54.9 Å². The molecule has 4 aliphatic rings. The van der Waals surface area contributed by atoms with Crippen molar-refractivity contribution in [3.05, 3.63) is 59.4 Å². The summed E-state index contributed by atoms with van der Waals surface area (Å²) in [5.41, 5.74) is 5.51. The Balaban J connectivity index is 1.06. The molecule has 3 aliphatic heterocycles. The standard InChI is InChI=1S/C79H117FN12O21S/c1-16-47(8)69(89(12)76(105)67(45(4)5)87-74(103)68(46(6)7)88(10)11)58(109-14)37-63(97)91-41-52(36-55(91)70(110-15)48(9)71(100)83-40-56(93)50-25-28-57(108-13)53(80)35-50)112-78(107)111-42-49-23-26-51(27-24-49)84-72(101)54(21-20-33-82-77(81)106)85-73(102)66(44(2)3)86-60(94)22-18-17-19-34-90-64(98)38-59(75(90)104)114-43-79(31-32-79)39-65(99)113-92-61(95)29-30-62(92)96/h23-28,35,44-48,52,54-55,58-59,66-70H,16-22,29-34,36-43H2,1-15H3,(H,83,100)(H,84,101)(H,85,102)(H,86,94)(H,87,103)(H3,81,82,106)/t47-,48+,52-,54-,55-,58+,59?,66-,67-,68-,69-,70+/m0/s1. The molecule has 1 saturated carbocycles. The van der Waals surface area contributed by atoms with Gasteiger partial charge in [-0.05, 0) is 118 Å². The van der Waals surface area contributed by atoms with Crippen molar-refractivity contribution in [3.8, 4) is 5.75 Å². The van der Waals surface area contributed by atoms with Crippen LogP contribution in [0.3, 0.4) is 0 Å². The van der Waals surface area contributed by atoms with Crippen LogP contribution in [0.2, 0.25) is 0 Å². The summed E-state index contributed by atoms with van der Waals surface area (Å²) in [7, 11) is 9.24. The molecule has 0 radical (unpaired) electrons. The largest absolute Gasteiger partial charge is 0.508 e. The van der Waals surface area contributed by atoms with E-state index in [-0.39, 0.29) is 137 Å². The maximum Gasteiger partial charge on any atom is 0.508 e. The van der Waals surface area contributed by atoms with Gasteiger partial charge in [0.1, 0.15) is 30.8 Å². The lowest BCUT2D eigenvalue weighted by Crippen LogP contribution is -2.59. The number of primary amides is 1. The summed E-state index contributed by atoms with van der Waals surface area (Å²) in [5.74, 6) is -9.42. The number of unbranched alkanes of at least 4 members (excludes halogenated alkanes) is 2. The zero-order valence-electron chi connectivity index (χ0n) is 68.2. The molecule has 12 atom stereocenters. The molecule has 35 heteroatoms. The molecule has 1 aliphatic carbocycles. The number of thioether (sulfide) groups is 1. The van der Waals surface area contributed by atoms with E-state index in [4.69, 9.17) is 34.3 Å². The Hall–Kier alpha value is -9.35. The smallest absolute Gasteiger partial charge is 0.494 e. The van der Waals surface area contributed by atoms with Gasteiger partial charge in [-0.25, -0.2) is 18.8 Å². The number of likely N-dealkylation sites (tertiary alicyclic amines) is 2. The number of rotatable bonds is 46. The first-order valence-corrected chi connectivity index (χ1v) is 40.0. The van der Waals surface area contributed by atoms with E-state index in [2.05, 4.69) is 31.9 Å². The predicted molar refractivity (Wildman–Crippen MR) is 416 cm³/mol. The maximum absolute atomic E-state index is 15.1. The molecule has 6 rings (SSSR count). The van der Waals surface area contributed by atoms with Gasteiger partial charge in [-0.3, -0.25) is 67.3 Å². The van der Waals surface area contributed by atoms with Gasteiger partial charge in [0.25, 0.3) is 11.8 Å². The first kappa shape index (κ1) is 93.5. The van der Waals surface area contributed by atoms with Crippen molar-refractivity contribution in [2.45, 2.75) is 225 Å². The van der Waals surface area contributed by atoms with Gasteiger partial charge in [-0.15, -0.1) is 16.8 Å². The zero-order valence-corrected chi connectivity index (χ0v) is 69.0. The number of benzene rings is 2. The van der Waals surface area contributed by atoms with Gasteiger partial charge in [-0.2, -0.15) is 0 Å². The van der Waals surface area contributed by atoms with Gasteiger partial charge >= 0.3 is 18.2 Å². The van der Waals surface area contributed by atoms with Crippen molar-refractivity contribution in [3.63, 3.8) is 0 Å². The number of hydrogen-bond donors (Lipinski definition) is 7. The fourth-order valence-electron chi connectivity index (χ4n) is 14.5. The number of ketones is 1. The molecule has 13 amide bonds. The van der Waals surface area contributed by atoms with E-state index in [1.54, 1.807) is 52.0 Å². The van der Waals surface area contributed by atoms with Crippen LogP contribution in [0.1, 0.15) is 175 Å². The number of carbonyl (C=O) groups excluding carboxylic acids is 15. The SMILES string of the molecule is CC[C@H](C)[C@@H]([C@@H](CC(=O)N1C[C@@H](OC(=O)OCc2ccc(NC(=O)[C@H](CCCNC(N)=O)NC(=O)[C@@H](NC(=O)CCCCCN3C(=O)CC(SCC4(CC(=O)ON5C(=O)CCC5=O)CC4)C3=O)C(C)C)cc2)C[C@H]1[C@H](OC)[C@@H](C)C(=O)NCC(=O)c1ccc(OC)c(F)c1)OC)N(C)C(=O)[C@@H](NC(=O)[C@H](C(C)C)N(C)C)C(C)C. The second kappa shape index (κ2) is 43.9. The summed E-state index contributed by atoms with van der Waals surface area (Å²) in [6.07, 6.45) is -1.31. The monoisotopic (exact) mass is 1620 g/mol. The third kappa shape index (κ3) is 26.6. The van der Waals surface area contributed by atoms with Gasteiger partial charge in [-0.1, -0.05) is 87.3 Å². The van der Waals surface area contributed by atoms with Crippen molar-refractivity contribution in [1.29, 1.82) is 0 Å². The number of hydrogen-bond acceptors (Lipinski definition) is 23. The number of carbonyl (C=O) groups is 15. The van der Waals surface area contributed by atoms with Crippen LogP contribution >= 0.6 is 11.8 Å². The number of urea groups is 1. The van der Waals surface area contributed by atoms with Gasteiger partial charge in [0.05, 0.1) is 74.5 Å². The Morgan fingerprint density at radius 3 is 1.99 bits per heavy atom. The average Bonchev–Trinajstić information content (AvgIpc) is 1.55. The fraction of sp³-hybridized carbons (Fsp3) is 0.658. The van der Waals surface area contributed by atoms with Crippen LogP contribution in [0.4, 0.5) is 19.7 Å². The predicted octanol–water partition coefficient (Wildman–Crippen LogP) is 5.32. The van der Waals surface area contributed by atoms with E-state index < -0.39 is 161 Å². The van der Waals surface area contributed by atoms with E-state index in [0.717, 1.165) is 6.07 Å². The number of amides is 13. The number of nitrogens with one attached hydrogen (secondary N) is 6. The average molecular weight is 1620 g/mol. The van der Waals surface area contributed by atoms with Crippen molar-refractivity contribution in [2.24, 2.45) is 40.7 Å². The van der Waals surface area contributed by atoms with Gasteiger partial charge in [0.2, 0.25) is 53.2 Å². The highest BCUT2D eigenvalue weighted by molar-refractivity contribution is 8.00. The van der Waals surface area contributed by atoms with Crippen LogP contribution < -0.4 is 42.4 Å². The minimum Gasteiger partial charge on any atom is -0.494 e. The third-order valence-electron chi connectivity index (χ3n) is 21.3. The summed E-state index contributed by atoms with van der Waals surface area (Å²) < 4.78 is 43.2. The number of methoxy groups -OCH3 is 3.